The van der Waals surface area contributed by atoms with E-state index in [1.54, 1.807) is 6.08 Å². The molecule has 2 heteroatoms. The van der Waals surface area contributed by atoms with Gasteiger partial charge in [0, 0.05) is 5.57 Å². The van der Waals surface area contributed by atoms with Crippen molar-refractivity contribution in [3.63, 3.8) is 0 Å². The first-order chi connectivity index (χ1) is 10.3. The Hall–Kier alpha value is -1.26. The molecule has 0 radical (unpaired) electrons. The number of allylic oxidation sites excluding steroid dienone is 6. The first kappa shape index (κ1) is 18.8. The Kier molecular flexibility index (Phi) is 7.17. The van der Waals surface area contributed by atoms with Crippen molar-refractivity contribution in [2.45, 2.75) is 65.7 Å². The molecule has 0 aliphatic heterocycles. The molecule has 22 heavy (non-hydrogen) atoms. The lowest BCUT2D eigenvalue weighted by Gasteiger charge is -2.31. The fraction of sp³-hybridized carbons (Fsp3) is 0.550. The van der Waals surface area contributed by atoms with E-state index < -0.39 is 0 Å². The highest BCUT2D eigenvalue weighted by atomic mass is 35.5. The van der Waals surface area contributed by atoms with Gasteiger partial charge in [0.2, 0.25) is 0 Å². The maximum atomic E-state index is 10.4. The number of carbonyl (C=O) groups excluding carboxylic acids is 1. The lowest BCUT2D eigenvalue weighted by molar-refractivity contribution is -0.104. The summed E-state index contributed by atoms with van der Waals surface area (Å²) < 4.78 is 0. The Balaban J connectivity index is 2.84. The van der Waals surface area contributed by atoms with Crippen LogP contribution in [0.4, 0.5) is 0 Å². The zero-order valence-electron chi connectivity index (χ0n) is 14.4. The number of aldehydes is 1. The molecule has 120 valence electrons. The molecule has 1 rings (SSSR count). The number of halogens is 1. The first-order valence-corrected chi connectivity index (χ1v) is 8.35. The number of alkyl halides is 1. The molecule has 0 spiro atoms. The molecule has 1 nitrogen and oxygen atoms in total. The molecule has 0 aromatic rings. The number of carbonyl (C=O) groups is 1. The summed E-state index contributed by atoms with van der Waals surface area (Å²) in [6.45, 7) is 10.7. The third-order valence-electron chi connectivity index (χ3n) is 4.14. The normalized spacial score (nSPS) is 20.3. The van der Waals surface area contributed by atoms with Crippen molar-refractivity contribution in [3.8, 4) is 11.8 Å². The Morgan fingerprint density at radius 2 is 2.09 bits per heavy atom. The number of hydrogen-bond donors (Lipinski definition) is 0. The summed E-state index contributed by atoms with van der Waals surface area (Å²) in [5, 5.41) is -0.125. The number of rotatable bonds is 4. The minimum Gasteiger partial charge on any atom is -0.299 e. The lowest BCUT2D eigenvalue weighted by Crippen LogP contribution is -2.19. The molecular formula is C20H27ClO. The van der Waals surface area contributed by atoms with Gasteiger partial charge in [-0.3, -0.25) is 4.79 Å². The molecule has 0 aromatic heterocycles. The van der Waals surface area contributed by atoms with Gasteiger partial charge in [0.1, 0.15) is 6.29 Å². The van der Waals surface area contributed by atoms with E-state index in [0.717, 1.165) is 23.9 Å². The highest BCUT2D eigenvalue weighted by Gasteiger charge is 2.27. The predicted molar refractivity (Wildman–Crippen MR) is 95.9 cm³/mol. The van der Waals surface area contributed by atoms with E-state index in [9.17, 15) is 4.79 Å². The molecule has 0 N–H and O–H groups in total. The molecule has 1 aliphatic carbocycles. The van der Waals surface area contributed by atoms with Crippen molar-refractivity contribution >= 4 is 17.9 Å². The Labute approximate surface area is 140 Å². The van der Waals surface area contributed by atoms with E-state index in [4.69, 9.17) is 11.6 Å². The van der Waals surface area contributed by atoms with Gasteiger partial charge in [-0.05, 0) is 63.5 Å². The summed E-state index contributed by atoms with van der Waals surface area (Å²) in [4.78, 5) is 10.4. The summed E-state index contributed by atoms with van der Waals surface area (Å²) in [6.07, 6.45) is 8.62. The maximum absolute atomic E-state index is 10.4. The molecule has 0 bridgehead atoms. The fourth-order valence-electron chi connectivity index (χ4n) is 2.92. The smallest absolute Gasteiger partial charge is 0.142 e. The molecule has 0 amide bonds. The van der Waals surface area contributed by atoms with Gasteiger partial charge in [-0.2, -0.15) is 0 Å². The summed E-state index contributed by atoms with van der Waals surface area (Å²) >= 11 is 6.30. The highest BCUT2D eigenvalue weighted by Crippen LogP contribution is 2.39. The average Bonchev–Trinajstić information content (AvgIpc) is 2.37. The zero-order chi connectivity index (χ0) is 16.8. The summed E-state index contributed by atoms with van der Waals surface area (Å²) in [6, 6.07) is 0. The molecule has 0 heterocycles. The first-order valence-electron chi connectivity index (χ1n) is 7.92. The van der Waals surface area contributed by atoms with Crippen LogP contribution in [0.15, 0.2) is 34.4 Å². The molecule has 1 atom stereocenters. The van der Waals surface area contributed by atoms with Crippen molar-refractivity contribution in [2.75, 3.05) is 0 Å². The maximum Gasteiger partial charge on any atom is 0.142 e. The van der Waals surface area contributed by atoms with Crippen molar-refractivity contribution in [1.29, 1.82) is 0 Å². The Bertz CT molecular complexity index is 564. The highest BCUT2D eigenvalue weighted by molar-refractivity contribution is 6.22. The van der Waals surface area contributed by atoms with Crippen LogP contribution in [0.1, 0.15) is 60.3 Å². The largest absolute Gasteiger partial charge is 0.299 e. The quantitative estimate of drug-likeness (QED) is 0.285. The van der Waals surface area contributed by atoms with Crippen molar-refractivity contribution in [1.82, 2.24) is 0 Å². The Morgan fingerprint density at radius 1 is 1.41 bits per heavy atom. The van der Waals surface area contributed by atoms with E-state index in [1.165, 1.54) is 24.0 Å². The van der Waals surface area contributed by atoms with Gasteiger partial charge in [-0.1, -0.05) is 42.9 Å². The van der Waals surface area contributed by atoms with Crippen LogP contribution >= 0.6 is 11.6 Å². The second-order valence-corrected chi connectivity index (χ2v) is 7.42. The van der Waals surface area contributed by atoms with Crippen LogP contribution in [0, 0.1) is 17.3 Å². The van der Waals surface area contributed by atoms with Crippen LogP contribution in [0.3, 0.4) is 0 Å². The third kappa shape index (κ3) is 5.85. The van der Waals surface area contributed by atoms with E-state index in [-0.39, 0.29) is 10.8 Å². The molecule has 1 unspecified atom stereocenters. The third-order valence-corrected chi connectivity index (χ3v) is 4.42. The van der Waals surface area contributed by atoms with Gasteiger partial charge in [-0.15, -0.1) is 11.6 Å². The minimum atomic E-state index is -0.125. The zero-order valence-corrected chi connectivity index (χ0v) is 15.2. The molecule has 0 saturated heterocycles. The summed E-state index contributed by atoms with van der Waals surface area (Å²) in [5.41, 5.74) is 4.86. The van der Waals surface area contributed by atoms with Gasteiger partial charge in [-0.25, -0.2) is 0 Å². The van der Waals surface area contributed by atoms with E-state index in [0.29, 0.717) is 6.42 Å². The van der Waals surface area contributed by atoms with Crippen LogP contribution in [0.2, 0.25) is 0 Å². The second-order valence-electron chi connectivity index (χ2n) is 6.86. The van der Waals surface area contributed by atoms with Crippen LogP contribution in [0.25, 0.3) is 0 Å². The topological polar surface area (TPSA) is 17.1 Å². The van der Waals surface area contributed by atoms with Gasteiger partial charge in [0.25, 0.3) is 0 Å². The van der Waals surface area contributed by atoms with Crippen LogP contribution in [0.5, 0.6) is 0 Å². The molecule has 0 fully saturated rings. The molecule has 0 aromatic carbocycles. The van der Waals surface area contributed by atoms with Crippen LogP contribution in [-0.2, 0) is 4.79 Å². The van der Waals surface area contributed by atoms with Gasteiger partial charge < -0.3 is 0 Å². The second kappa shape index (κ2) is 8.39. The van der Waals surface area contributed by atoms with Crippen molar-refractivity contribution in [2.24, 2.45) is 5.41 Å². The van der Waals surface area contributed by atoms with Gasteiger partial charge in [0.05, 0.1) is 5.38 Å². The van der Waals surface area contributed by atoms with Crippen molar-refractivity contribution in [3.05, 3.63) is 34.4 Å². The van der Waals surface area contributed by atoms with Crippen LogP contribution < -0.4 is 0 Å². The monoisotopic (exact) mass is 318 g/mol. The fourth-order valence-corrected chi connectivity index (χ4v) is 3.36. The van der Waals surface area contributed by atoms with E-state index in [2.05, 4.69) is 32.6 Å². The SMILES string of the molecule is CC(C#CC1=C(C)CCCC1(C)C)=CC(Cl)CC(C)=CC=O. The van der Waals surface area contributed by atoms with E-state index in [1.807, 2.05) is 19.9 Å². The summed E-state index contributed by atoms with van der Waals surface area (Å²) in [7, 11) is 0. The van der Waals surface area contributed by atoms with Crippen molar-refractivity contribution < 1.29 is 4.79 Å². The standard InChI is InChI=1S/C20H27ClO/c1-15(13-18(21)14-16(2)10-12-22)8-9-19-17(3)7-6-11-20(19,4)5/h10,12-13,18H,6-7,11,14H2,1-5H3. The molecule has 1 aliphatic rings. The molecule has 0 saturated carbocycles. The van der Waals surface area contributed by atoms with E-state index >= 15 is 0 Å². The van der Waals surface area contributed by atoms with Gasteiger partial charge >= 0.3 is 0 Å². The number of hydrogen-bond acceptors (Lipinski definition) is 1. The van der Waals surface area contributed by atoms with Crippen LogP contribution in [-0.4, -0.2) is 11.7 Å². The summed E-state index contributed by atoms with van der Waals surface area (Å²) in [5.74, 6) is 6.63. The average molecular weight is 319 g/mol. The lowest BCUT2D eigenvalue weighted by atomic mass is 9.73. The van der Waals surface area contributed by atoms with Gasteiger partial charge in [0.15, 0.2) is 0 Å². The molecular weight excluding hydrogens is 292 g/mol. The Morgan fingerprint density at radius 3 is 2.68 bits per heavy atom. The minimum absolute atomic E-state index is 0.125. The predicted octanol–water partition coefficient (Wildman–Crippen LogP) is 5.61.